The molecule has 3 heteroatoms. The Morgan fingerprint density at radius 3 is 2.64 bits per heavy atom. The number of pyridine rings is 1. The SMILES string of the molecule is Fc1ccc(-c2cc[c]nc2)c(F)c1. The first kappa shape index (κ1) is 8.81. The van der Waals surface area contributed by atoms with Gasteiger partial charge in [0, 0.05) is 23.4 Å². The van der Waals surface area contributed by atoms with Crippen molar-refractivity contribution >= 4 is 0 Å². The van der Waals surface area contributed by atoms with E-state index in [0.717, 1.165) is 6.07 Å². The number of aromatic nitrogens is 1. The van der Waals surface area contributed by atoms with E-state index in [1.54, 1.807) is 12.1 Å². The van der Waals surface area contributed by atoms with Crippen LogP contribution in [0.15, 0.2) is 36.5 Å². The molecule has 2 rings (SSSR count). The Bertz CT molecular complexity index is 440. The number of hydrogen-bond donors (Lipinski definition) is 0. The maximum Gasteiger partial charge on any atom is 0.133 e. The normalized spacial score (nSPS) is 10.1. The van der Waals surface area contributed by atoms with E-state index in [1.165, 1.54) is 18.3 Å². The second kappa shape index (κ2) is 3.54. The Kier molecular flexibility index (Phi) is 2.23. The summed E-state index contributed by atoms with van der Waals surface area (Å²) in [6.45, 7) is 0. The molecule has 69 valence electrons. The van der Waals surface area contributed by atoms with Crippen LogP contribution >= 0.6 is 0 Å². The van der Waals surface area contributed by atoms with Crippen molar-refractivity contribution in [3.05, 3.63) is 54.4 Å². The summed E-state index contributed by atoms with van der Waals surface area (Å²) in [6.07, 6.45) is 4.07. The van der Waals surface area contributed by atoms with Crippen LogP contribution in [0.5, 0.6) is 0 Å². The average Bonchev–Trinajstić information content (AvgIpc) is 2.19. The zero-order chi connectivity index (χ0) is 9.97. The van der Waals surface area contributed by atoms with Crippen LogP contribution in [0, 0.1) is 17.8 Å². The topological polar surface area (TPSA) is 12.9 Å². The van der Waals surface area contributed by atoms with Crippen LogP contribution in [0.1, 0.15) is 0 Å². The largest absolute Gasteiger partial charge is 0.254 e. The third kappa shape index (κ3) is 1.62. The first-order valence-electron chi connectivity index (χ1n) is 4.05. The standard InChI is InChI=1S/C11H6F2N/c12-9-3-4-10(11(13)6-9)8-2-1-5-14-7-8/h1-4,6-7H. The minimum absolute atomic E-state index is 0.341. The van der Waals surface area contributed by atoms with Crippen molar-refractivity contribution in [3.63, 3.8) is 0 Å². The van der Waals surface area contributed by atoms with Crippen molar-refractivity contribution in [2.24, 2.45) is 0 Å². The van der Waals surface area contributed by atoms with Crippen molar-refractivity contribution in [1.82, 2.24) is 4.98 Å². The molecule has 1 aromatic carbocycles. The molecular formula is C11H6F2N. The molecule has 1 radical (unpaired) electrons. The van der Waals surface area contributed by atoms with Crippen LogP contribution in [0.3, 0.4) is 0 Å². The molecule has 1 heterocycles. The molecule has 0 saturated heterocycles. The maximum absolute atomic E-state index is 13.3. The Labute approximate surface area is 80.0 Å². The summed E-state index contributed by atoms with van der Waals surface area (Å²) in [5.41, 5.74) is 0.953. The minimum atomic E-state index is -0.585. The molecule has 0 amide bonds. The molecule has 0 aliphatic rings. The van der Waals surface area contributed by atoms with Crippen LogP contribution < -0.4 is 0 Å². The van der Waals surface area contributed by atoms with E-state index in [4.69, 9.17) is 0 Å². The van der Waals surface area contributed by atoms with Gasteiger partial charge in [0.15, 0.2) is 0 Å². The molecular weight excluding hydrogens is 184 g/mol. The average molecular weight is 190 g/mol. The molecule has 0 atom stereocenters. The number of nitrogens with zero attached hydrogens (tertiary/aromatic N) is 1. The Hall–Kier alpha value is -1.77. The van der Waals surface area contributed by atoms with Gasteiger partial charge in [0.05, 0.1) is 6.20 Å². The van der Waals surface area contributed by atoms with Crippen molar-refractivity contribution in [2.75, 3.05) is 0 Å². The van der Waals surface area contributed by atoms with Gasteiger partial charge in [0.25, 0.3) is 0 Å². The van der Waals surface area contributed by atoms with E-state index in [-0.39, 0.29) is 0 Å². The second-order valence-corrected chi connectivity index (χ2v) is 2.80. The zero-order valence-corrected chi connectivity index (χ0v) is 7.17. The Balaban J connectivity index is 2.53. The lowest BCUT2D eigenvalue weighted by Crippen LogP contribution is -1.86. The lowest BCUT2D eigenvalue weighted by molar-refractivity contribution is 0.585. The summed E-state index contributed by atoms with van der Waals surface area (Å²) in [4.78, 5) is 3.74. The fourth-order valence-electron chi connectivity index (χ4n) is 1.20. The molecule has 14 heavy (non-hydrogen) atoms. The number of benzene rings is 1. The second-order valence-electron chi connectivity index (χ2n) is 2.80. The third-order valence-corrected chi connectivity index (χ3v) is 1.86. The summed E-state index contributed by atoms with van der Waals surface area (Å²) in [5, 5.41) is 0. The van der Waals surface area contributed by atoms with E-state index in [2.05, 4.69) is 11.2 Å². The Morgan fingerprint density at radius 1 is 1.14 bits per heavy atom. The first-order valence-corrected chi connectivity index (χ1v) is 4.05. The van der Waals surface area contributed by atoms with Crippen molar-refractivity contribution < 1.29 is 8.78 Å². The highest BCUT2D eigenvalue weighted by atomic mass is 19.1. The molecule has 0 aliphatic heterocycles. The van der Waals surface area contributed by atoms with Crippen LogP contribution in [0.2, 0.25) is 0 Å². The number of halogens is 2. The molecule has 0 unspecified atom stereocenters. The quantitative estimate of drug-likeness (QED) is 0.673. The monoisotopic (exact) mass is 190 g/mol. The van der Waals surface area contributed by atoms with Gasteiger partial charge in [-0.1, -0.05) is 6.07 Å². The van der Waals surface area contributed by atoms with Crippen LogP contribution in [-0.4, -0.2) is 4.98 Å². The van der Waals surface area contributed by atoms with Crippen LogP contribution in [-0.2, 0) is 0 Å². The summed E-state index contributed by atoms with van der Waals surface area (Å²) in [6, 6.07) is 6.71. The summed E-state index contributed by atoms with van der Waals surface area (Å²) in [5.74, 6) is -1.17. The van der Waals surface area contributed by atoms with Gasteiger partial charge in [-0.15, -0.1) is 0 Å². The van der Waals surface area contributed by atoms with Gasteiger partial charge in [-0.25, -0.2) is 8.78 Å². The number of rotatable bonds is 1. The molecule has 0 aliphatic carbocycles. The smallest absolute Gasteiger partial charge is 0.133 e. The zero-order valence-electron chi connectivity index (χ0n) is 7.17. The van der Waals surface area contributed by atoms with E-state index in [9.17, 15) is 8.78 Å². The van der Waals surface area contributed by atoms with Crippen molar-refractivity contribution in [3.8, 4) is 11.1 Å². The molecule has 0 bridgehead atoms. The van der Waals surface area contributed by atoms with E-state index in [0.29, 0.717) is 11.1 Å². The molecule has 0 saturated carbocycles. The van der Waals surface area contributed by atoms with Gasteiger partial charge >= 0.3 is 0 Å². The lowest BCUT2D eigenvalue weighted by Gasteiger charge is -2.01. The van der Waals surface area contributed by atoms with Gasteiger partial charge in [-0.2, -0.15) is 0 Å². The summed E-state index contributed by atoms with van der Waals surface area (Å²) >= 11 is 0. The van der Waals surface area contributed by atoms with E-state index in [1.807, 2.05) is 0 Å². The van der Waals surface area contributed by atoms with Crippen LogP contribution in [0.4, 0.5) is 8.78 Å². The van der Waals surface area contributed by atoms with E-state index >= 15 is 0 Å². The third-order valence-electron chi connectivity index (χ3n) is 1.86. The highest BCUT2D eigenvalue weighted by Crippen LogP contribution is 2.21. The maximum atomic E-state index is 13.3. The predicted octanol–water partition coefficient (Wildman–Crippen LogP) is 2.83. The highest BCUT2D eigenvalue weighted by molar-refractivity contribution is 5.62. The minimum Gasteiger partial charge on any atom is -0.254 e. The van der Waals surface area contributed by atoms with Gasteiger partial charge < -0.3 is 0 Å². The van der Waals surface area contributed by atoms with Gasteiger partial charge in [0.2, 0.25) is 0 Å². The lowest BCUT2D eigenvalue weighted by atomic mass is 10.1. The molecule has 0 N–H and O–H groups in total. The van der Waals surface area contributed by atoms with Gasteiger partial charge in [0.1, 0.15) is 11.6 Å². The molecule has 1 aromatic heterocycles. The van der Waals surface area contributed by atoms with Crippen molar-refractivity contribution in [1.29, 1.82) is 0 Å². The van der Waals surface area contributed by atoms with Gasteiger partial charge in [-0.3, -0.25) is 4.98 Å². The fourth-order valence-corrected chi connectivity index (χ4v) is 1.20. The molecule has 2 aromatic rings. The van der Waals surface area contributed by atoms with Crippen molar-refractivity contribution in [2.45, 2.75) is 0 Å². The predicted molar refractivity (Wildman–Crippen MR) is 48.4 cm³/mol. The van der Waals surface area contributed by atoms with Crippen LogP contribution in [0.25, 0.3) is 11.1 Å². The summed E-state index contributed by atoms with van der Waals surface area (Å²) in [7, 11) is 0. The fraction of sp³-hybridized carbons (Fsp3) is 0. The highest BCUT2D eigenvalue weighted by Gasteiger charge is 2.05. The van der Waals surface area contributed by atoms with Gasteiger partial charge in [-0.05, 0) is 18.2 Å². The number of hydrogen-bond acceptors (Lipinski definition) is 1. The molecule has 0 fully saturated rings. The summed E-state index contributed by atoms with van der Waals surface area (Å²) < 4.78 is 25.9. The van der Waals surface area contributed by atoms with E-state index < -0.39 is 11.6 Å². The molecule has 1 nitrogen and oxygen atoms in total. The first-order chi connectivity index (χ1) is 6.77. The molecule has 0 spiro atoms. The Morgan fingerprint density at radius 2 is 2.00 bits per heavy atom.